The van der Waals surface area contributed by atoms with Crippen LogP contribution >= 0.6 is 11.6 Å². The summed E-state index contributed by atoms with van der Waals surface area (Å²) in [5, 5.41) is 5.58. The van der Waals surface area contributed by atoms with Crippen LogP contribution in [0.2, 0.25) is 5.02 Å². The highest BCUT2D eigenvalue weighted by molar-refractivity contribution is 6.33. The van der Waals surface area contributed by atoms with Gasteiger partial charge in [0, 0.05) is 11.1 Å². The SMILES string of the molecule is O=C(Nc1ccccc1F)c1cccc(C(=O)Nc2ccccc2Cl)c1. The number of rotatable bonds is 4. The van der Waals surface area contributed by atoms with Gasteiger partial charge in [-0.15, -0.1) is 0 Å². The van der Waals surface area contributed by atoms with Gasteiger partial charge in [-0.05, 0) is 42.5 Å². The Hall–Kier alpha value is -3.18. The standard InChI is InChI=1S/C20H14ClFN2O2/c21-15-8-1-3-10-17(15)23-19(25)13-6-5-7-14(12-13)20(26)24-18-11-4-2-9-16(18)22/h1-12H,(H,23,25)(H,24,26). The van der Waals surface area contributed by atoms with E-state index in [1.165, 1.54) is 24.3 Å². The molecule has 0 aliphatic heterocycles. The lowest BCUT2D eigenvalue weighted by Crippen LogP contribution is -2.16. The zero-order chi connectivity index (χ0) is 18.5. The molecule has 0 aliphatic carbocycles. The van der Waals surface area contributed by atoms with Crippen LogP contribution in [0.25, 0.3) is 0 Å². The van der Waals surface area contributed by atoms with E-state index >= 15 is 0 Å². The average Bonchev–Trinajstić information content (AvgIpc) is 2.65. The number of nitrogens with one attached hydrogen (secondary N) is 2. The van der Waals surface area contributed by atoms with Crippen molar-refractivity contribution in [2.75, 3.05) is 10.6 Å². The molecule has 0 saturated heterocycles. The molecule has 0 radical (unpaired) electrons. The van der Waals surface area contributed by atoms with Crippen molar-refractivity contribution in [2.45, 2.75) is 0 Å². The van der Waals surface area contributed by atoms with Crippen molar-refractivity contribution < 1.29 is 14.0 Å². The topological polar surface area (TPSA) is 58.2 Å². The number of hydrogen-bond donors (Lipinski definition) is 2. The maximum atomic E-state index is 13.7. The first-order valence-corrected chi connectivity index (χ1v) is 8.14. The number of para-hydroxylation sites is 2. The molecule has 0 heterocycles. The second-order valence-corrected chi connectivity index (χ2v) is 5.86. The second-order valence-electron chi connectivity index (χ2n) is 5.45. The molecule has 2 N–H and O–H groups in total. The van der Waals surface area contributed by atoms with Crippen molar-refractivity contribution in [1.82, 2.24) is 0 Å². The van der Waals surface area contributed by atoms with E-state index in [-0.39, 0.29) is 16.8 Å². The van der Waals surface area contributed by atoms with Gasteiger partial charge in [0.1, 0.15) is 5.82 Å². The molecule has 0 saturated carbocycles. The Morgan fingerprint density at radius 1 is 0.731 bits per heavy atom. The molecule has 3 rings (SSSR count). The molecule has 3 aromatic carbocycles. The molecule has 0 fully saturated rings. The Balaban J connectivity index is 1.77. The number of amides is 2. The minimum Gasteiger partial charge on any atom is -0.321 e. The van der Waals surface area contributed by atoms with Crippen LogP contribution in [-0.2, 0) is 0 Å². The Morgan fingerprint density at radius 2 is 1.27 bits per heavy atom. The third-order valence-corrected chi connectivity index (χ3v) is 3.96. The molecule has 0 atom stereocenters. The quantitative estimate of drug-likeness (QED) is 0.682. The number of carbonyl (C=O) groups is 2. The number of hydrogen-bond acceptors (Lipinski definition) is 2. The van der Waals surface area contributed by atoms with Crippen molar-refractivity contribution in [3.8, 4) is 0 Å². The molecule has 0 aromatic heterocycles. The van der Waals surface area contributed by atoms with Gasteiger partial charge in [-0.1, -0.05) is 41.9 Å². The Bertz CT molecular complexity index is 901. The van der Waals surface area contributed by atoms with Gasteiger partial charge in [-0.2, -0.15) is 0 Å². The Kier molecular flexibility index (Phi) is 5.29. The van der Waals surface area contributed by atoms with Crippen LogP contribution in [0.3, 0.4) is 0 Å². The van der Waals surface area contributed by atoms with Crippen molar-refractivity contribution >= 4 is 34.8 Å². The molecule has 0 unspecified atom stereocenters. The van der Waals surface area contributed by atoms with E-state index < -0.39 is 17.6 Å². The number of benzene rings is 3. The molecule has 2 amide bonds. The van der Waals surface area contributed by atoms with Crippen LogP contribution in [0.5, 0.6) is 0 Å². The molecule has 0 spiro atoms. The molecule has 0 aliphatic rings. The lowest BCUT2D eigenvalue weighted by Gasteiger charge is -2.09. The van der Waals surface area contributed by atoms with E-state index in [9.17, 15) is 14.0 Å². The molecule has 3 aromatic rings. The van der Waals surface area contributed by atoms with Crippen LogP contribution in [0.4, 0.5) is 15.8 Å². The molecule has 6 heteroatoms. The van der Waals surface area contributed by atoms with Gasteiger partial charge in [0.05, 0.1) is 16.4 Å². The van der Waals surface area contributed by atoms with Gasteiger partial charge in [0.2, 0.25) is 0 Å². The summed E-state index contributed by atoms with van der Waals surface area (Å²) >= 11 is 6.03. The highest BCUT2D eigenvalue weighted by atomic mass is 35.5. The number of anilines is 2. The predicted molar refractivity (Wildman–Crippen MR) is 100 cm³/mol. The van der Waals surface area contributed by atoms with Gasteiger partial charge in [0.25, 0.3) is 11.8 Å². The normalized spacial score (nSPS) is 10.2. The first-order valence-electron chi connectivity index (χ1n) is 7.76. The molecule has 0 bridgehead atoms. The van der Waals surface area contributed by atoms with Crippen molar-refractivity contribution in [1.29, 1.82) is 0 Å². The van der Waals surface area contributed by atoms with Gasteiger partial charge >= 0.3 is 0 Å². The predicted octanol–water partition coefficient (Wildman–Crippen LogP) is 4.98. The zero-order valence-electron chi connectivity index (χ0n) is 13.5. The van der Waals surface area contributed by atoms with Crippen LogP contribution in [0.1, 0.15) is 20.7 Å². The summed E-state index contributed by atoms with van der Waals surface area (Å²) in [4.78, 5) is 24.7. The number of carbonyl (C=O) groups excluding carboxylic acids is 2. The van der Waals surface area contributed by atoms with E-state index in [1.54, 1.807) is 48.5 Å². The monoisotopic (exact) mass is 368 g/mol. The first-order chi connectivity index (χ1) is 12.5. The fraction of sp³-hybridized carbons (Fsp3) is 0. The fourth-order valence-electron chi connectivity index (χ4n) is 2.32. The fourth-order valence-corrected chi connectivity index (χ4v) is 2.50. The number of halogens is 2. The minimum absolute atomic E-state index is 0.0726. The van der Waals surface area contributed by atoms with E-state index in [0.29, 0.717) is 10.7 Å². The highest BCUT2D eigenvalue weighted by Crippen LogP contribution is 2.21. The lowest BCUT2D eigenvalue weighted by atomic mass is 10.1. The van der Waals surface area contributed by atoms with E-state index in [2.05, 4.69) is 10.6 Å². The molecular weight excluding hydrogens is 355 g/mol. The second kappa shape index (κ2) is 7.80. The summed E-state index contributed by atoms with van der Waals surface area (Å²) < 4.78 is 13.7. The Morgan fingerprint density at radius 3 is 1.88 bits per heavy atom. The van der Waals surface area contributed by atoms with Crippen LogP contribution in [0.15, 0.2) is 72.8 Å². The summed E-state index contributed by atoms with van der Waals surface area (Å²) in [6, 6.07) is 18.8. The van der Waals surface area contributed by atoms with Crippen molar-refractivity contribution in [3.63, 3.8) is 0 Å². The third kappa shape index (κ3) is 4.07. The van der Waals surface area contributed by atoms with Gasteiger partial charge in [-0.25, -0.2) is 4.39 Å². The maximum absolute atomic E-state index is 13.7. The van der Waals surface area contributed by atoms with Crippen molar-refractivity contribution in [2.24, 2.45) is 0 Å². The van der Waals surface area contributed by atoms with Crippen LogP contribution in [0, 0.1) is 5.82 Å². The van der Waals surface area contributed by atoms with E-state index in [1.807, 2.05) is 0 Å². The summed E-state index contributed by atoms with van der Waals surface area (Å²) in [7, 11) is 0. The van der Waals surface area contributed by atoms with Gasteiger partial charge < -0.3 is 10.6 Å². The summed E-state index contributed by atoms with van der Waals surface area (Å²) in [6.07, 6.45) is 0. The summed E-state index contributed by atoms with van der Waals surface area (Å²) in [5.74, 6) is -1.45. The van der Waals surface area contributed by atoms with Gasteiger partial charge in [0.15, 0.2) is 0 Å². The lowest BCUT2D eigenvalue weighted by molar-refractivity contribution is 0.102. The average molecular weight is 369 g/mol. The zero-order valence-corrected chi connectivity index (χ0v) is 14.3. The largest absolute Gasteiger partial charge is 0.321 e. The molecular formula is C20H14ClFN2O2. The van der Waals surface area contributed by atoms with E-state index in [0.717, 1.165) is 0 Å². The highest BCUT2D eigenvalue weighted by Gasteiger charge is 2.13. The molecule has 4 nitrogen and oxygen atoms in total. The first kappa shape index (κ1) is 17.6. The minimum atomic E-state index is -0.534. The summed E-state index contributed by atoms with van der Waals surface area (Å²) in [6.45, 7) is 0. The smallest absolute Gasteiger partial charge is 0.255 e. The molecule has 130 valence electrons. The van der Waals surface area contributed by atoms with Crippen LogP contribution < -0.4 is 10.6 Å². The van der Waals surface area contributed by atoms with Gasteiger partial charge in [-0.3, -0.25) is 9.59 Å². The maximum Gasteiger partial charge on any atom is 0.255 e. The van der Waals surface area contributed by atoms with E-state index in [4.69, 9.17) is 11.6 Å². The molecule has 26 heavy (non-hydrogen) atoms. The summed E-state index contributed by atoms with van der Waals surface area (Å²) in [5.41, 5.74) is 1.06. The van der Waals surface area contributed by atoms with Crippen LogP contribution in [-0.4, -0.2) is 11.8 Å². The third-order valence-electron chi connectivity index (χ3n) is 3.63. The Labute approximate surface area is 154 Å². The van der Waals surface area contributed by atoms with Crippen molar-refractivity contribution in [3.05, 3.63) is 94.8 Å².